The van der Waals surface area contributed by atoms with Gasteiger partial charge in [-0.1, -0.05) is 6.42 Å². The van der Waals surface area contributed by atoms with Crippen molar-refractivity contribution >= 4 is 6.09 Å². The third-order valence-corrected chi connectivity index (χ3v) is 4.06. The Morgan fingerprint density at radius 3 is 2.36 bits per heavy atom. The van der Waals surface area contributed by atoms with Crippen molar-refractivity contribution in [3.05, 3.63) is 0 Å². The molecular weight excluding hydrogens is 280 g/mol. The maximum atomic E-state index is 12.4. The van der Waals surface area contributed by atoms with E-state index in [1.807, 2.05) is 41.5 Å². The second-order valence-electron chi connectivity index (χ2n) is 8.24. The van der Waals surface area contributed by atoms with Gasteiger partial charge in [-0.25, -0.2) is 4.79 Å². The Hall–Kier alpha value is -0.810. The van der Waals surface area contributed by atoms with E-state index in [-0.39, 0.29) is 18.2 Å². The number of ether oxygens (including phenoxy) is 1. The van der Waals surface area contributed by atoms with E-state index in [4.69, 9.17) is 4.74 Å². The van der Waals surface area contributed by atoms with Gasteiger partial charge in [-0.2, -0.15) is 0 Å². The molecular formula is C17H34N2O3. The fourth-order valence-electron chi connectivity index (χ4n) is 2.90. The zero-order chi connectivity index (χ0) is 17.0. The van der Waals surface area contributed by atoms with Gasteiger partial charge in [0.1, 0.15) is 5.60 Å². The van der Waals surface area contributed by atoms with Crippen LogP contribution < -0.4 is 5.32 Å². The number of amides is 1. The van der Waals surface area contributed by atoms with Crippen molar-refractivity contribution in [2.45, 2.75) is 78.0 Å². The number of aliphatic hydroxyl groups excluding tert-OH is 1. The maximum absolute atomic E-state index is 12.4. The minimum Gasteiger partial charge on any atom is -0.444 e. The number of aliphatic hydroxyl groups is 1. The first-order valence-electron chi connectivity index (χ1n) is 8.39. The summed E-state index contributed by atoms with van der Waals surface area (Å²) in [5.41, 5.74) is -0.766. The molecule has 1 saturated carbocycles. The third kappa shape index (κ3) is 6.13. The minimum atomic E-state index is -0.485. The molecule has 0 aromatic heterocycles. The van der Waals surface area contributed by atoms with Gasteiger partial charge in [-0.05, 0) is 60.3 Å². The molecule has 1 aliphatic rings. The summed E-state index contributed by atoms with van der Waals surface area (Å²) in [4.78, 5) is 14.2. The molecule has 0 aromatic rings. The van der Waals surface area contributed by atoms with Crippen molar-refractivity contribution in [3.63, 3.8) is 0 Å². The van der Waals surface area contributed by atoms with Gasteiger partial charge in [0.05, 0.1) is 0 Å². The number of nitrogens with zero attached hydrogens (tertiary/aromatic N) is 1. The van der Waals surface area contributed by atoms with Crippen LogP contribution in [0.25, 0.3) is 0 Å². The van der Waals surface area contributed by atoms with Gasteiger partial charge in [0.2, 0.25) is 0 Å². The fraction of sp³-hybridized carbons (Fsp3) is 0.941. The van der Waals surface area contributed by atoms with Crippen molar-refractivity contribution in [1.82, 2.24) is 10.2 Å². The fourth-order valence-corrected chi connectivity index (χ4v) is 2.90. The molecule has 1 rings (SSSR count). The Morgan fingerprint density at radius 1 is 1.23 bits per heavy atom. The molecule has 22 heavy (non-hydrogen) atoms. The zero-order valence-electron chi connectivity index (χ0n) is 15.1. The average Bonchev–Trinajstić information content (AvgIpc) is 2.77. The SMILES string of the molecule is CC(C)(C)OC(=O)N(CCNC1CCCC1CO)C(C)(C)C. The smallest absolute Gasteiger partial charge is 0.410 e. The largest absolute Gasteiger partial charge is 0.444 e. The molecule has 1 fully saturated rings. The Bertz CT molecular complexity index is 358. The van der Waals surface area contributed by atoms with Crippen molar-refractivity contribution in [1.29, 1.82) is 0 Å². The summed E-state index contributed by atoms with van der Waals surface area (Å²) in [6.45, 7) is 13.3. The molecule has 0 aromatic carbocycles. The Labute approximate surface area is 135 Å². The lowest BCUT2D eigenvalue weighted by Crippen LogP contribution is -2.51. The topological polar surface area (TPSA) is 61.8 Å². The lowest BCUT2D eigenvalue weighted by atomic mass is 10.0. The average molecular weight is 314 g/mol. The molecule has 0 radical (unpaired) electrons. The number of hydrogen-bond acceptors (Lipinski definition) is 4. The zero-order valence-corrected chi connectivity index (χ0v) is 15.1. The lowest BCUT2D eigenvalue weighted by Gasteiger charge is -2.37. The number of rotatable bonds is 5. The molecule has 5 nitrogen and oxygen atoms in total. The molecule has 0 aliphatic heterocycles. The van der Waals surface area contributed by atoms with Crippen molar-refractivity contribution < 1.29 is 14.6 Å². The van der Waals surface area contributed by atoms with Crippen LogP contribution in [0.4, 0.5) is 4.79 Å². The molecule has 5 heteroatoms. The minimum absolute atomic E-state index is 0.243. The van der Waals surface area contributed by atoms with Gasteiger partial charge in [0.15, 0.2) is 0 Å². The summed E-state index contributed by atoms with van der Waals surface area (Å²) in [5.74, 6) is 0.351. The van der Waals surface area contributed by atoms with Gasteiger partial charge in [0.25, 0.3) is 0 Å². The molecule has 2 unspecified atom stereocenters. The van der Waals surface area contributed by atoms with Gasteiger partial charge in [-0.3, -0.25) is 0 Å². The van der Waals surface area contributed by atoms with Gasteiger partial charge >= 0.3 is 6.09 Å². The highest BCUT2D eigenvalue weighted by Gasteiger charge is 2.31. The van der Waals surface area contributed by atoms with E-state index in [0.717, 1.165) is 25.8 Å². The number of carbonyl (C=O) groups excluding carboxylic acids is 1. The van der Waals surface area contributed by atoms with Crippen LogP contribution in [-0.4, -0.2) is 53.0 Å². The number of carbonyl (C=O) groups is 1. The second-order valence-corrected chi connectivity index (χ2v) is 8.24. The summed E-state index contributed by atoms with van der Waals surface area (Å²) < 4.78 is 5.51. The molecule has 0 saturated heterocycles. The molecule has 1 amide bonds. The number of hydrogen-bond donors (Lipinski definition) is 2. The van der Waals surface area contributed by atoms with Crippen LogP contribution in [0.5, 0.6) is 0 Å². The third-order valence-electron chi connectivity index (χ3n) is 4.06. The van der Waals surface area contributed by atoms with Crippen LogP contribution in [0.2, 0.25) is 0 Å². The Balaban J connectivity index is 2.54. The van der Waals surface area contributed by atoms with E-state index >= 15 is 0 Å². The summed E-state index contributed by atoms with van der Waals surface area (Å²) in [7, 11) is 0. The van der Waals surface area contributed by atoms with Crippen LogP contribution in [0, 0.1) is 5.92 Å². The number of nitrogens with one attached hydrogen (secondary N) is 1. The quantitative estimate of drug-likeness (QED) is 0.819. The van der Waals surface area contributed by atoms with Crippen LogP contribution in [0.3, 0.4) is 0 Å². The van der Waals surface area contributed by atoms with Crippen LogP contribution >= 0.6 is 0 Å². The molecule has 1 aliphatic carbocycles. The first-order valence-corrected chi connectivity index (χ1v) is 8.39. The first kappa shape index (κ1) is 19.2. The first-order chi connectivity index (χ1) is 10.0. The molecule has 0 heterocycles. The van der Waals surface area contributed by atoms with Crippen LogP contribution in [0.1, 0.15) is 60.8 Å². The van der Waals surface area contributed by atoms with Crippen molar-refractivity contribution in [2.24, 2.45) is 5.92 Å². The molecule has 2 atom stereocenters. The van der Waals surface area contributed by atoms with Crippen molar-refractivity contribution in [3.8, 4) is 0 Å². The Morgan fingerprint density at radius 2 is 1.86 bits per heavy atom. The summed E-state index contributed by atoms with van der Waals surface area (Å²) in [6, 6.07) is 0.366. The molecule has 2 N–H and O–H groups in total. The van der Waals surface area contributed by atoms with E-state index in [0.29, 0.717) is 18.5 Å². The normalized spacial score (nSPS) is 22.7. The highest BCUT2D eigenvalue weighted by molar-refractivity contribution is 5.69. The maximum Gasteiger partial charge on any atom is 0.410 e. The molecule has 0 bridgehead atoms. The molecule has 130 valence electrons. The van der Waals surface area contributed by atoms with Gasteiger partial charge in [0, 0.05) is 31.3 Å². The van der Waals surface area contributed by atoms with Gasteiger partial charge in [-0.15, -0.1) is 0 Å². The van der Waals surface area contributed by atoms with Crippen LogP contribution in [0.15, 0.2) is 0 Å². The van der Waals surface area contributed by atoms with E-state index in [1.165, 1.54) is 0 Å². The van der Waals surface area contributed by atoms with E-state index in [2.05, 4.69) is 5.32 Å². The second kappa shape index (κ2) is 7.64. The molecule has 0 spiro atoms. The van der Waals surface area contributed by atoms with Crippen LogP contribution in [-0.2, 0) is 4.74 Å². The summed E-state index contributed by atoms with van der Waals surface area (Å²) in [5, 5.41) is 12.9. The highest BCUT2D eigenvalue weighted by Crippen LogP contribution is 2.25. The summed E-state index contributed by atoms with van der Waals surface area (Å²) >= 11 is 0. The van der Waals surface area contributed by atoms with E-state index in [9.17, 15) is 9.90 Å². The standard InChI is InChI=1S/C17H34N2O3/c1-16(2,3)19(15(21)22-17(4,5)6)11-10-18-14-9-7-8-13(14)12-20/h13-14,18,20H,7-12H2,1-6H3. The predicted molar refractivity (Wildman–Crippen MR) is 88.9 cm³/mol. The highest BCUT2D eigenvalue weighted by atomic mass is 16.6. The summed E-state index contributed by atoms with van der Waals surface area (Å²) in [6.07, 6.45) is 3.08. The lowest BCUT2D eigenvalue weighted by molar-refractivity contribution is 0.00631. The Kier molecular flexibility index (Phi) is 6.68. The van der Waals surface area contributed by atoms with Crippen molar-refractivity contribution in [2.75, 3.05) is 19.7 Å². The van der Waals surface area contributed by atoms with Gasteiger partial charge < -0.3 is 20.1 Å². The van der Waals surface area contributed by atoms with E-state index in [1.54, 1.807) is 4.90 Å². The predicted octanol–water partition coefficient (Wildman–Crippen LogP) is 2.77. The van der Waals surface area contributed by atoms with E-state index < -0.39 is 5.60 Å². The monoisotopic (exact) mass is 314 g/mol.